The maximum Gasteiger partial charge on any atom is 0.190 e. The van der Waals surface area contributed by atoms with Crippen LogP contribution in [0.25, 0.3) is 0 Å². The molecule has 1 aromatic carbocycles. The third-order valence-corrected chi connectivity index (χ3v) is 3.96. The summed E-state index contributed by atoms with van der Waals surface area (Å²) in [5.41, 5.74) is 1.01. The maximum absolute atomic E-state index is 5.47. The van der Waals surface area contributed by atoms with Gasteiger partial charge in [0, 0.05) is 37.8 Å². The first-order valence-corrected chi connectivity index (χ1v) is 7.95. The highest BCUT2D eigenvalue weighted by atomic mass is 16.5. The van der Waals surface area contributed by atoms with Crippen LogP contribution < -0.4 is 24.8 Å². The monoisotopic (exact) mass is 321 g/mol. The van der Waals surface area contributed by atoms with Gasteiger partial charge in [-0.2, -0.15) is 0 Å². The second-order valence-corrected chi connectivity index (χ2v) is 5.58. The minimum absolute atomic E-state index is 0.720. The lowest BCUT2D eigenvalue weighted by Crippen LogP contribution is -2.39. The van der Waals surface area contributed by atoms with Gasteiger partial charge in [0.2, 0.25) is 0 Å². The molecule has 23 heavy (non-hydrogen) atoms. The van der Waals surface area contributed by atoms with Gasteiger partial charge in [0.1, 0.15) is 17.2 Å². The van der Waals surface area contributed by atoms with Crippen LogP contribution in [0.5, 0.6) is 17.2 Å². The molecule has 6 nitrogen and oxygen atoms in total. The molecule has 1 saturated carbocycles. The zero-order valence-electron chi connectivity index (χ0n) is 14.4. The summed E-state index contributed by atoms with van der Waals surface area (Å²) in [6.07, 6.45) is 3.41. The fourth-order valence-corrected chi connectivity index (χ4v) is 2.41. The standard InChI is InChI=1S/C17H27N3O3/c1-18-17(20-11-12-5-6-12)19-8-7-14-15(22-3)9-13(21-2)10-16(14)23-4/h9-10,12H,5-8,11H2,1-4H3,(H2,18,19,20). The predicted octanol–water partition coefficient (Wildman–Crippen LogP) is 1.83. The van der Waals surface area contributed by atoms with Crippen LogP contribution in [0.2, 0.25) is 0 Å². The Kier molecular flexibility index (Phi) is 6.38. The Bertz CT molecular complexity index is 517. The van der Waals surface area contributed by atoms with Crippen LogP contribution in [0.1, 0.15) is 18.4 Å². The summed E-state index contributed by atoms with van der Waals surface area (Å²) in [6, 6.07) is 3.75. The van der Waals surface area contributed by atoms with Gasteiger partial charge in [0.15, 0.2) is 5.96 Å². The first-order chi connectivity index (χ1) is 11.2. The zero-order chi connectivity index (χ0) is 16.7. The van der Waals surface area contributed by atoms with Gasteiger partial charge in [-0.1, -0.05) is 0 Å². The number of hydrogen-bond acceptors (Lipinski definition) is 4. The average molecular weight is 321 g/mol. The molecule has 2 N–H and O–H groups in total. The van der Waals surface area contributed by atoms with E-state index < -0.39 is 0 Å². The molecule has 0 amide bonds. The predicted molar refractivity (Wildman–Crippen MR) is 91.9 cm³/mol. The van der Waals surface area contributed by atoms with Crippen molar-refractivity contribution in [1.29, 1.82) is 0 Å². The number of rotatable bonds is 8. The molecule has 0 bridgehead atoms. The van der Waals surface area contributed by atoms with Crippen molar-refractivity contribution in [2.45, 2.75) is 19.3 Å². The van der Waals surface area contributed by atoms with E-state index >= 15 is 0 Å². The summed E-state index contributed by atoms with van der Waals surface area (Å²) in [5, 5.41) is 6.68. The number of hydrogen-bond donors (Lipinski definition) is 2. The summed E-state index contributed by atoms with van der Waals surface area (Å²) in [5.74, 6) is 3.91. The van der Waals surface area contributed by atoms with Crippen LogP contribution in [-0.4, -0.2) is 47.4 Å². The number of benzene rings is 1. The highest BCUT2D eigenvalue weighted by Crippen LogP contribution is 2.34. The van der Waals surface area contributed by atoms with Crippen molar-refractivity contribution in [2.75, 3.05) is 41.5 Å². The van der Waals surface area contributed by atoms with Crippen LogP contribution in [0, 0.1) is 5.92 Å². The van der Waals surface area contributed by atoms with Crippen molar-refractivity contribution in [1.82, 2.24) is 10.6 Å². The maximum atomic E-state index is 5.47. The molecule has 0 spiro atoms. The molecule has 0 saturated heterocycles. The van der Waals surface area contributed by atoms with E-state index in [0.717, 1.165) is 54.2 Å². The lowest BCUT2D eigenvalue weighted by atomic mass is 10.1. The second-order valence-electron chi connectivity index (χ2n) is 5.58. The van der Waals surface area contributed by atoms with Crippen LogP contribution in [0.15, 0.2) is 17.1 Å². The third-order valence-electron chi connectivity index (χ3n) is 3.96. The Morgan fingerprint density at radius 1 is 1.09 bits per heavy atom. The number of nitrogens with one attached hydrogen (secondary N) is 2. The summed E-state index contributed by atoms with van der Waals surface area (Å²) < 4.78 is 16.2. The van der Waals surface area contributed by atoms with Crippen molar-refractivity contribution in [2.24, 2.45) is 10.9 Å². The number of nitrogens with zero attached hydrogens (tertiary/aromatic N) is 1. The van der Waals surface area contributed by atoms with E-state index in [0.29, 0.717) is 0 Å². The van der Waals surface area contributed by atoms with Crippen molar-refractivity contribution in [3.63, 3.8) is 0 Å². The molecular formula is C17H27N3O3. The topological polar surface area (TPSA) is 64.1 Å². The first-order valence-electron chi connectivity index (χ1n) is 7.95. The molecule has 0 aliphatic heterocycles. The molecule has 1 fully saturated rings. The second kappa shape index (κ2) is 8.50. The molecule has 0 atom stereocenters. The molecule has 2 rings (SSSR count). The molecule has 0 unspecified atom stereocenters. The van der Waals surface area contributed by atoms with Gasteiger partial charge in [-0.25, -0.2) is 0 Å². The molecule has 1 aliphatic rings. The van der Waals surface area contributed by atoms with Gasteiger partial charge in [-0.05, 0) is 25.2 Å². The number of aliphatic imine (C=N–C) groups is 1. The van der Waals surface area contributed by atoms with Crippen LogP contribution >= 0.6 is 0 Å². The Labute approximate surface area is 138 Å². The fourth-order valence-electron chi connectivity index (χ4n) is 2.41. The van der Waals surface area contributed by atoms with Gasteiger partial charge in [0.25, 0.3) is 0 Å². The highest BCUT2D eigenvalue weighted by molar-refractivity contribution is 5.79. The zero-order valence-corrected chi connectivity index (χ0v) is 14.4. The highest BCUT2D eigenvalue weighted by Gasteiger charge is 2.21. The van der Waals surface area contributed by atoms with Gasteiger partial charge in [0.05, 0.1) is 21.3 Å². The molecule has 0 aromatic heterocycles. The van der Waals surface area contributed by atoms with Crippen molar-refractivity contribution < 1.29 is 14.2 Å². The fraction of sp³-hybridized carbons (Fsp3) is 0.588. The molecule has 1 aromatic rings. The molecular weight excluding hydrogens is 294 g/mol. The summed E-state index contributed by atoms with van der Waals surface area (Å²) in [7, 11) is 6.73. The Hall–Kier alpha value is -2.11. The average Bonchev–Trinajstić information content (AvgIpc) is 3.41. The summed E-state index contributed by atoms with van der Waals surface area (Å²) in [4.78, 5) is 4.24. The van der Waals surface area contributed by atoms with Gasteiger partial charge in [-0.3, -0.25) is 4.99 Å². The van der Waals surface area contributed by atoms with Crippen molar-refractivity contribution in [3.8, 4) is 17.2 Å². The van der Waals surface area contributed by atoms with E-state index in [1.165, 1.54) is 12.8 Å². The van der Waals surface area contributed by atoms with Gasteiger partial charge in [-0.15, -0.1) is 0 Å². The molecule has 1 aliphatic carbocycles. The van der Waals surface area contributed by atoms with Crippen LogP contribution in [0.4, 0.5) is 0 Å². The third kappa shape index (κ3) is 4.94. The SMILES string of the molecule is CN=C(NCCc1c(OC)cc(OC)cc1OC)NCC1CC1. The van der Waals surface area contributed by atoms with Crippen molar-refractivity contribution in [3.05, 3.63) is 17.7 Å². The summed E-state index contributed by atoms with van der Waals surface area (Å²) >= 11 is 0. The molecule has 128 valence electrons. The molecule has 0 radical (unpaired) electrons. The van der Waals surface area contributed by atoms with Gasteiger partial charge >= 0.3 is 0 Å². The molecule has 0 heterocycles. The minimum Gasteiger partial charge on any atom is -0.496 e. The Balaban J connectivity index is 1.95. The number of methoxy groups -OCH3 is 3. The van der Waals surface area contributed by atoms with E-state index in [-0.39, 0.29) is 0 Å². The van der Waals surface area contributed by atoms with Crippen LogP contribution in [0.3, 0.4) is 0 Å². The lowest BCUT2D eigenvalue weighted by molar-refractivity contribution is 0.368. The largest absolute Gasteiger partial charge is 0.496 e. The van der Waals surface area contributed by atoms with E-state index in [1.807, 2.05) is 12.1 Å². The summed E-state index contributed by atoms with van der Waals surface area (Å²) in [6.45, 7) is 1.73. The quantitative estimate of drug-likeness (QED) is 0.565. The van der Waals surface area contributed by atoms with E-state index in [2.05, 4.69) is 15.6 Å². The van der Waals surface area contributed by atoms with Crippen molar-refractivity contribution >= 4 is 5.96 Å². The molecule has 6 heteroatoms. The first kappa shape index (κ1) is 17.2. The lowest BCUT2D eigenvalue weighted by Gasteiger charge is -2.16. The number of guanidine groups is 1. The smallest absolute Gasteiger partial charge is 0.190 e. The van der Waals surface area contributed by atoms with E-state index in [1.54, 1.807) is 28.4 Å². The Morgan fingerprint density at radius 3 is 2.22 bits per heavy atom. The number of ether oxygens (including phenoxy) is 3. The minimum atomic E-state index is 0.720. The van der Waals surface area contributed by atoms with E-state index in [9.17, 15) is 0 Å². The van der Waals surface area contributed by atoms with Crippen LogP contribution in [-0.2, 0) is 6.42 Å². The van der Waals surface area contributed by atoms with Gasteiger partial charge < -0.3 is 24.8 Å². The van der Waals surface area contributed by atoms with E-state index in [4.69, 9.17) is 14.2 Å². The Morgan fingerprint density at radius 2 is 1.74 bits per heavy atom. The normalized spacial score (nSPS) is 14.3.